The summed E-state index contributed by atoms with van der Waals surface area (Å²) in [5.74, 6) is -0.0922. The number of anilines is 1. The molecule has 4 aromatic rings. The second kappa shape index (κ2) is 17.7. The monoisotopic (exact) mass is 750 g/mol. The predicted molar refractivity (Wildman–Crippen MR) is 207 cm³/mol. The van der Waals surface area contributed by atoms with Crippen LogP contribution in [0.3, 0.4) is 0 Å². The van der Waals surface area contributed by atoms with Crippen molar-refractivity contribution in [2.45, 2.75) is 71.4 Å². The Labute approximate surface area is 321 Å². The first-order chi connectivity index (χ1) is 26.4. The molecule has 1 aliphatic heterocycles. The van der Waals surface area contributed by atoms with Crippen molar-refractivity contribution in [3.05, 3.63) is 83.4 Å². The molecule has 0 bridgehead atoms. The number of morpholine rings is 1. The van der Waals surface area contributed by atoms with E-state index in [-0.39, 0.29) is 36.0 Å². The van der Waals surface area contributed by atoms with E-state index >= 15 is 0 Å². The normalized spacial score (nSPS) is 17.9. The molecule has 55 heavy (non-hydrogen) atoms. The number of tetrazole rings is 1. The standard InChI is InChI=1S/C41H50N8O6/c1-26-5-10-32(39(52)49-19-21-54-22-20-49)24-34(26)29-11-6-27(7-12-29)23-35(38(51)43-33-17-15-30(16-18-33)36-45-47-48-46-36)44-37(50)31-13-8-28(9-14-31)25-42-40(53)55-41(2,3)4/h5-7,10-12,15-18,24,28,31,35H,8-9,13-14,19-23,25H2,1-4H3,(H,42,53)(H,43,51)(H,44,50)(H,45,46,47,48)/t28-,31-,35-/m0/s1. The van der Waals surface area contributed by atoms with Gasteiger partial charge in [-0.15, -0.1) is 10.2 Å². The number of ether oxygens (including phenoxy) is 2. The number of benzene rings is 3. The van der Waals surface area contributed by atoms with Gasteiger partial charge in [0.15, 0.2) is 0 Å². The Morgan fingerprint density at radius 1 is 0.927 bits per heavy atom. The Bertz CT molecular complexity index is 1930. The van der Waals surface area contributed by atoms with Crippen molar-refractivity contribution in [1.29, 1.82) is 0 Å². The molecule has 2 heterocycles. The van der Waals surface area contributed by atoms with Gasteiger partial charge in [0.25, 0.3) is 5.91 Å². The Balaban J connectivity index is 1.13. The number of nitrogens with one attached hydrogen (secondary N) is 4. The van der Waals surface area contributed by atoms with Crippen LogP contribution in [0.1, 0.15) is 67.9 Å². The third-order valence-corrected chi connectivity index (χ3v) is 10.0. The smallest absolute Gasteiger partial charge is 0.407 e. The molecular formula is C41H50N8O6. The largest absolute Gasteiger partial charge is 0.444 e. The molecule has 0 unspecified atom stereocenters. The van der Waals surface area contributed by atoms with Crippen molar-refractivity contribution >= 4 is 29.5 Å². The molecule has 14 heteroatoms. The summed E-state index contributed by atoms with van der Waals surface area (Å²) in [5, 5.41) is 22.9. The summed E-state index contributed by atoms with van der Waals surface area (Å²) in [6.45, 7) is 10.2. The first-order valence-electron chi connectivity index (χ1n) is 18.9. The molecule has 1 saturated heterocycles. The van der Waals surface area contributed by atoms with Gasteiger partial charge in [0, 0.05) is 48.8 Å². The number of carbonyl (C=O) groups is 4. The van der Waals surface area contributed by atoms with Crippen molar-refractivity contribution in [2.24, 2.45) is 11.8 Å². The van der Waals surface area contributed by atoms with Crippen LogP contribution in [0.2, 0.25) is 0 Å². The number of aromatic amines is 1. The van der Waals surface area contributed by atoms with E-state index in [1.807, 2.05) is 75.1 Å². The SMILES string of the molecule is Cc1ccc(C(=O)N2CCOCC2)cc1-c1ccc(C[C@H](NC(=O)[C@H]2CC[C@H](CNC(=O)OC(C)(C)C)CC2)C(=O)Nc2ccc(-c3nn[nH]n3)cc2)cc1. The third-order valence-electron chi connectivity index (χ3n) is 10.0. The molecule has 0 spiro atoms. The summed E-state index contributed by atoms with van der Waals surface area (Å²) in [7, 11) is 0. The van der Waals surface area contributed by atoms with Crippen LogP contribution >= 0.6 is 0 Å². The van der Waals surface area contributed by atoms with E-state index < -0.39 is 17.7 Å². The topological polar surface area (TPSA) is 181 Å². The predicted octanol–water partition coefficient (Wildman–Crippen LogP) is 5.31. The van der Waals surface area contributed by atoms with Crippen LogP contribution in [0.5, 0.6) is 0 Å². The summed E-state index contributed by atoms with van der Waals surface area (Å²) in [5.41, 5.74) is 5.16. The summed E-state index contributed by atoms with van der Waals surface area (Å²) in [6.07, 6.45) is 2.68. The minimum atomic E-state index is -0.849. The summed E-state index contributed by atoms with van der Waals surface area (Å²) >= 11 is 0. The first kappa shape index (κ1) is 39.1. The highest BCUT2D eigenvalue weighted by molar-refractivity contribution is 5.98. The Hall–Kier alpha value is -5.63. The van der Waals surface area contributed by atoms with Gasteiger partial charge in [0.1, 0.15) is 11.6 Å². The van der Waals surface area contributed by atoms with E-state index in [0.29, 0.717) is 62.8 Å². The molecule has 14 nitrogen and oxygen atoms in total. The number of aromatic nitrogens is 4. The van der Waals surface area contributed by atoms with Crippen LogP contribution in [-0.4, -0.2) is 93.8 Å². The average molecular weight is 751 g/mol. The van der Waals surface area contributed by atoms with Crippen LogP contribution in [0.4, 0.5) is 10.5 Å². The van der Waals surface area contributed by atoms with Gasteiger partial charge in [-0.25, -0.2) is 4.79 Å². The van der Waals surface area contributed by atoms with Gasteiger partial charge < -0.3 is 30.3 Å². The maximum absolute atomic E-state index is 13.9. The van der Waals surface area contributed by atoms with E-state index in [0.717, 1.165) is 40.7 Å². The number of hydrogen-bond acceptors (Lipinski definition) is 9. The number of carbonyl (C=O) groups excluding carboxylic acids is 4. The lowest BCUT2D eigenvalue weighted by Gasteiger charge is -2.29. The minimum absolute atomic E-state index is 0.0128. The molecule has 2 fully saturated rings. The number of alkyl carbamates (subject to hydrolysis) is 1. The molecule has 1 aliphatic carbocycles. The molecule has 2 aliphatic rings. The lowest BCUT2D eigenvalue weighted by atomic mass is 9.81. The molecule has 1 saturated carbocycles. The third kappa shape index (κ3) is 10.7. The van der Waals surface area contributed by atoms with Crippen molar-refractivity contribution in [1.82, 2.24) is 36.2 Å². The maximum atomic E-state index is 13.9. The van der Waals surface area contributed by atoms with Gasteiger partial charge in [0.2, 0.25) is 17.6 Å². The van der Waals surface area contributed by atoms with Crippen LogP contribution in [-0.2, 0) is 25.5 Å². The number of nitrogens with zero attached hydrogens (tertiary/aromatic N) is 4. The highest BCUT2D eigenvalue weighted by Gasteiger charge is 2.30. The second-order valence-electron chi connectivity index (χ2n) is 15.3. The molecule has 1 aromatic heterocycles. The maximum Gasteiger partial charge on any atom is 0.407 e. The van der Waals surface area contributed by atoms with Crippen molar-refractivity contribution < 1.29 is 28.7 Å². The van der Waals surface area contributed by atoms with Crippen LogP contribution < -0.4 is 16.0 Å². The van der Waals surface area contributed by atoms with Crippen molar-refractivity contribution in [3.63, 3.8) is 0 Å². The zero-order valence-corrected chi connectivity index (χ0v) is 31.9. The lowest BCUT2D eigenvalue weighted by molar-refractivity contribution is -0.130. The Morgan fingerprint density at radius 2 is 1.62 bits per heavy atom. The van der Waals surface area contributed by atoms with E-state index in [2.05, 4.69) is 36.6 Å². The van der Waals surface area contributed by atoms with Gasteiger partial charge in [-0.05, 0) is 123 Å². The minimum Gasteiger partial charge on any atom is -0.444 e. The summed E-state index contributed by atoms with van der Waals surface area (Å²) in [6, 6.07) is 19.9. The molecule has 1 atom stereocenters. The number of amides is 4. The quantitative estimate of drug-likeness (QED) is 0.158. The molecule has 3 aromatic carbocycles. The fourth-order valence-electron chi connectivity index (χ4n) is 6.96. The van der Waals surface area contributed by atoms with E-state index in [9.17, 15) is 19.2 Å². The average Bonchev–Trinajstić information content (AvgIpc) is 3.73. The fourth-order valence-corrected chi connectivity index (χ4v) is 6.96. The lowest BCUT2D eigenvalue weighted by Crippen LogP contribution is -2.48. The van der Waals surface area contributed by atoms with E-state index in [1.54, 1.807) is 24.3 Å². The molecule has 4 amide bonds. The molecular weight excluding hydrogens is 701 g/mol. The highest BCUT2D eigenvalue weighted by Crippen LogP contribution is 2.30. The van der Waals surface area contributed by atoms with Gasteiger partial charge >= 0.3 is 6.09 Å². The van der Waals surface area contributed by atoms with Crippen LogP contribution in [0.15, 0.2) is 66.7 Å². The van der Waals surface area contributed by atoms with Gasteiger partial charge in [0.05, 0.1) is 13.2 Å². The van der Waals surface area contributed by atoms with Crippen molar-refractivity contribution in [2.75, 3.05) is 38.2 Å². The zero-order valence-electron chi connectivity index (χ0n) is 31.9. The summed E-state index contributed by atoms with van der Waals surface area (Å²) < 4.78 is 10.8. The number of hydrogen-bond donors (Lipinski definition) is 4. The van der Waals surface area contributed by atoms with Gasteiger partial charge in [-0.2, -0.15) is 5.21 Å². The van der Waals surface area contributed by atoms with Gasteiger partial charge in [-0.3, -0.25) is 14.4 Å². The van der Waals surface area contributed by atoms with Crippen LogP contribution in [0, 0.1) is 18.8 Å². The molecule has 6 rings (SSSR count). The number of H-pyrrole nitrogens is 1. The zero-order chi connectivity index (χ0) is 39.0. The highest BCUT2D eigenvalue weighted by atomic mass is 16.6. The van der Waals surface area contributed by atoms with E-state index in [1.165, 1.54) is 0 Å². The second-order valence-corrected chi connectivity index (χ2v) is 15.3. The summed E-state index contributed by atoms with van der Waals surface area (Å²) in [4.78, 5) is 54.7. The fraction of sp³-hybridized carbons (Fsp3) is 0.439. The van der Waals surface area contributed by atoms with E-state index in [4.69, 9.17) is 9.47 Å². The van der Waals surface area contributed by atoms with Gasteiger partial charge in [-0.1, -0.05) is 30.3 Å². The Morgan fingerprint density at radius 3 is 2.27 bits per heavy atom. The number of aryl methyl sites for hydroxylation is 1. The molecule has 290 valence electrons. The Kier molecular flexibility index (Phi) is 12.6. The van der Waals surface area contributed by atoms with Crippen molar-refractivity contribution in [3.8, 4) is 22.5 Å². The first-order valence-corrected chi connectivity index (χ1v) is 18.9. The molecule has 0 radical (unpaired) electrons. The van der Waals surface area contributed by atoms with Crippen LogP contribution in [0.25, 0.3) is 22.5 Å². The number of rotatable bonds is 11. The molecule has 4 N–H and O–H groups in total.